The van der Waals surface area contributed by atoms with Crippen molar-refractivity contribution in [1.29, 1.82) is 0 Å². The van der Waals surface area contributed by atoms with Gasteiger partial charge in [0, 0.05) is 5.38 Å². The van der Waals surface area contributed by atoms with Crippen molar-refractivity contribution in [1.82, 2.24) is 0 Å². The van der Waals surface area contributed by atoms with E-state index in [2.05, 4.69) is 16.8 Å². The molecule has 1 aliphatic carbocycles. The summed E-state index contributed by atoms with van der Waals surface area (Å²) in [4.78, 5) is 0. The quantitative estimate of drug-likeness (QED) is 0.509. The first kappa shape index (κ1) is 12.4. The van der Waals surface area contributed by atoms with Gasteiger partial charge in [-0.2, -0.15) is 11.3 Å². The number of hydrogen-bond donors (Lipinski definition) is 0. The molecule has 0 radical (unpaired) electrons. The smallest absolute Gasteiger partial charge is 0.0379 e. The Kier molecular flexibility index (Phi) is 5.18. The van der Waals surface area contributed by atoms with Crippen LogP contribution in [0.25, 0.3) is 0 Å². The van der Waals surface area contributed by atoms with Crippen LogP contribution in [0.2, 0.25) is 0 Å². The second-order valence-electron chi connectivity index (χ2n) is 5.03. The van der Waals surface area contributed by atoms with Crippen LogP contribution in [0, 0.1) is 5.92 Å². The zero-order valence-electron chi connectivity index (χ0n) is 9.83. The Hall–Kier alpha value is -0.0100. The molecule has 0 nitrogen and oxygen atoms in total. The third kappa shape index (κ3) is 4.10. The van der Waals surface area contributed by atoms with Crippen molar-refractivity contribution in [2.24, 2.45) is 5.92 Å². The van der Waals surface area contributed by atoms with E-state index >= 15 is 0 Å². The highest BCUT2D eigenvalue weighted by molar-refractivity contribution is 7.07. The summed E-state index contributed by atoms with van der Waals surface area (Å²) in [6.45, 7) is 0. The Morgan fingerprint density at radius 2 is 2.00 bits per heavy atom. The highest BCUT2D eigenvalue weighted by Gasteiger charge is 2.16. The molecular weight excluding hydrogens is 236 g/mol. The Bertz CT molecular complexity index is 273. The van der Waals surface area contributed by atoms with E-state index in [9.17, 15) is 0 Å². The Morgan fingerprint density at radius 1 is 1.25 bits per heavy atom. The minimum atomic E-state index is 0.345. The molecule has 0 saturated heterocycles. The molecule has 0 bridgehead atoms. The second kappa shape index (κ2) is 6.66. The molecule has 0 spiro atoms. The van der Waals surface area contributed by atoms with E-state index in [1.807, 2.05) is 0 Å². The van der Waals surface area contributed by atoms with E-state index in [1.165, 1.54) is 50.5 Å². The highest BCUT2D eigenvalue weighted by atomic mass is 35.5. The van der Waals surface area contributed by atoms with Gasteiger partial charge in [-0.1, -0.05) is 38.5 Å². The maximum Gasteiger partial charge on any atom is 0.0379 e. The van der Waals surface area contributed by atoms with Gasteiger partial charge in [-0.3, -0.25) is 0 Å². The van der Waals surface area contributed by atoms with Crippen LogP contribution < -0.4 is 0 Å². The van der Waals surface area contributed by atoms with E-state index < -0.39 is 0 Å². The van der Waals surface area contributed by atoms with Gasteiger partial charge in [0.05, 0.1) is 0 Å². The number of halogens is 1. The molecule has 0 aliphatic heterocycles. The average Bonchev–Trinajstić information content (AvgIpc) is 2.62. The molecule has 1 saturated carbocycles. The van der Waals surface area contributed by atoms with Gasteiger partial charge >= 0.3 is 0 Å². The molecule has 1 aliphatic rings. The molecule has 0 aromatic carbocycles. The van der Waals surface area contributed by atoms with Gasteiger partial charge in [0.15, 0.2) is 0 Å². The van der Waals surface area contributed by atoms with Gasteiger partial charge in [-0.25, -0.2) is 0 Å². The van der Waals surface area contributed by atoms with Crippen LogP contribution in [0.1, 0.15) is 50.5 Å². The maximum absolute atomic E-state index is 6.46. The van der Waals surface area contributed by atoms with Crippen molar-refractivity contribution in [3.8, 4) is 0 Å². The third-order valence-electron chi connectivity index (χ3n) is 3.60. The van der Waals surface area contributed by atoms with E-state index in [4.69, 9.17) is 11.6 Å². The third-order valence-corrected chi connectivity index (χ3v) is 4.67. The number of hydrogen-bond acceptors (Lipinski definition) is 1. The largest absolute Gasteiger partial charge is 0.152 e. The Balaban J connectivity index is 1.75. The van der Waals surface area contributed by atoms with E-state index in [0.717, 1.165) is 12.3 Å². The fourth-order valence-electron chi connectivity index (χ4n) is 2.71. The molecule has 2 rings (SSSR count). The first-order valence-corrected chi connectivity index (χ1v) is 7.87. The van der Waals surface area contributed by atoms with Crippen LogP contribution in [0.3, 0.4) is 0 Å². The molecule has 1 heterocycles. The number of thiophene rings is 1. The molecule has 16 heavy (non-hydrogen) atoms. The molecule has 1 atom stereocenters. The average molecular weight is 257 g/mol. The zero-order valence-corrected chi connectivity index (χ0v) is 11.4. The van der Waals surface area contributed by atoms with Crippen molar-refractivity contribution >= 4 is 22.9 Å². The topological polar surface area (TPSA) is 0 Å². The van der Waals surface area contributed by atoms with Crippen LogP contribution >= 0.6 is 22.9 Å². The molecule has 0 amide bonds. The summed E-state index contributed by atoms with van der Waals surface area (Å²) < 4.78 is 0. The lowest BCUT2D eigenvalue weighted by Crippen LogP contribution is -2.10. The maximum atomic E-state index is 6.46. The van der Waals surface area contributed by atoms with E-state index in [1.54, 1.807) is 11.3 Å². The zero-order chi connectivity index (χ0) is 11.2. The lowest BCUT2D eigenvalue weighted by Gasteiger charge is -2.17. The molecule has 1 aromatic rings. The molecule has 2 heteroatoms. The monoisotopic (exact) mass is 256 g/mol. The minimum absolute atomic E-state index is 0.345. The van der Waals surface area contributed by atoms with Gasteiger partial charge in [0.1, 0.15) is 0 Å². The number of alkyl halides is 1. The minimum Gasteiger partial charge on any atom is -0.152 e. The normalized spacial score (nSPS) is 20.6. The standard InChI is InChI=1S/C14H21ClS/c15-14(10-13-7-8-16-11-13)9-12-5-3-1-2-4-6-12/h7-8,11-12,14H,1-6,9-10H2. The summed E-state index contributed by atoms with van der Waals surface area (Å²) in [5.74, 6) is 0.892. The number of rotatable bonds is 4. The fourth-order valence-corrected chi connectivity index (χ4v) is 3.82. The SMILES string of the molecule is ClC(Cc1ccsc1)CC1CCCCCC1. The van der Waals surface area contributed by atoms with Crippen LogP contribution in [0.5, 0.6) is 0 Å². The Morgan fingerprint density at radius 3 is 2.62 bits per heavy atom. The lowest BCUT2D eigenvalue weighted by molar-refractivity contribution is 0.419. The second-order valence-corrected chi connectivity index (χ2v) is 6.42. The molecule has 90 valence electrons. The van der Waals surface area contributed by atoms with E-state index in [0.29, 0.717) is 5.38 Å². The summed E-state index contributed by atoms with van der Waals surface area (Å²) in [5, 5.41) is 4.71. The van der Waals surface area contributed by atoms with Gasteiger partial charge in [-0.15, -0.1) is 11.6 Å². The van der Waals surface area contributed by atoms with Crippen LogP contribution in [0.4, 0.5) is 0 Å². The predicted octanol–water partition coefficient (Wildman–Crippen LogP) is 5.26. The van der Waals surface area contributed by atoms with Crippen molar-refractivity contribution < 1.29 is 0 Å². The summed E-state index contributed by atoms with van der Waals surface area (Å²) in [6, 6.07) is 2.20. The van der Waals surface area contributed by atoms with Crippen LogP contribution in [-0.2, 0) is 6.42 Å². The summed E-state index contributed by atoms with van der Waals surface area (Å²) in [5.41, 5.74) is 1.42. The first-order chi connectivity index (χ1) is 7.84. The molecule has 1 aromatic heterocycles. The van der Waals surface area contributed by atoms with Crippen molar-refractivity contribution in [2.75, 3.05) is 0 Å². The molecular formula is C14H21ClS. The predicted molar refractivity (Wildman–Crippen MR) is 73.5 cm³/mol. The van der Waals surface area contributed by atoms with Crippen LogP contribution in [-0.4, -0.2) is 5.38 Å². The summed E-state index contributed by atoms with van der Waals surface area (Å²) in [7, 11) is 0. The van der Waals surface area contributed by atoms with Crippen LogP contribution in [0.15, 0.2) is 16.8 Å². The molecule has 0 N–H and O–H groups in total. The van der Waals surface area contributed by atoms with E-state index in [-0.39, 0.29) is 0 Å². The Labute approximate surface area is 108 Å². The van der Waals surface area contributed by atoms with Gasteiger partial charge < -0.3 is 0 Å². The lowest BCUT2D eigenvalue weighted by atomic mass is 9.93. The fraction of sp³-hybridized carbons (Fsp3) is 0.714. The van der Waals surface area contributed by atoms with Gasteiger partial charge in [0.2, 0.25) is 0 Å². The van der Waals surface area contributed by atoms with Crippen molar-refractivity contribution in [3.05, 3.63) is 22.4 Å². The van der Waals surface area contributed by atoms with Gasteiger partial charge in [0.25, 0.3) is 0 Å². The van der Waals surface area contributed by atoms with Gasteiger partial charge in [-0.05, 0) is 41.1 Å². The molecule has 1 fully saturated rings. The van der Waals surface area contributed by atoms with Crippen molar-refractivity contribution in [3.63, 3.8) is 0 Å². The summed E-state index contributed by atoms with van der Waals surface area (Å²) >= 11 is 8.24. The highest BCUT2D eigenvalue weighted by Crippen LogP contribution is 2.29. The summed E-state index contributed by atoms with van der Waals surface area (Å²) in [6.07, 6.45) is 10.8. The van der Waals surface area contributed by atoms with Crippen molar-refractivity contribution in [2.45, 2.75) is 56.7 Å². The first-order valence-electron chi connectivity index (χ1n) is 6.50. The molecule has 1 unspecified atom stereocenters.